The normalized spacial score (nSPS) is 16.8. The molecule has 0 aliphatic carbocycles. The quantitative estimate of drug-likeness (QED) is 0.672. The minimum absolute atomic E-state index is 0.215. The van der Waals surface area contributed by atoms with Gasteiger partial charge in [0.15, 0.2) is 5.11 Å². The molecule has 0 unspecified atom stereocenters. The molecular weight excluding hydrogens is 390 g/mol. The summed E-state index contributed by atoms with van der Waals surface area (Å²) in [6.45, 7) is 6.57. The van der Waals surface area contributed by atoms with Crippen LogP contribution in [0.1, 0.15) is 37.9 Å². The van der Waals surface area contributed by atoms with E-state index in [1.165, 1.54) is 0 Å². The van der Waals surface area contributed by atoms with Crippen molar-refractivity contribution in [2.75, 3.05) is 0 Å². The first-order valence-corrected chi connectivity index (χ1v) is 9.76. The predicted molar refractivity (Wildman–Crippen MR) is 116 cm³/mol. The summed E-state index contributed by atoms with van der Waals surface area (Å²) >= 11 is 11.5. The molecule has 0 radical (unpaired) electrons. The third-order valence-electron chi connectivity index (χ3n) is 4.51. The Hall–Kier alpha value is -2.55. The number of hydrogen-bond acceptors (Lipinski definition) is 3. The molecule has 0 fully saturated rings. The van der Waals surface area contributed by atoms with Crippen LogP contribution < -0.4 is 15.4 Å². The van der Waals surface area contributed by atoms with Crippen LogP contribution in [-0.4, -0.2) is 5.11 Å². The summed E-state index contributed by atoms with van der Waals surface area (Å²) in [6.07, 6.45) is 0. The maximum Gasteiger partial charge on any atom is 0.171 e. The molecule has 28 heavy (non-hydrogen) atoms. The molecule has 0 spiro atoms. The molecule has 2 aromatic rings. The van der Waals surface area contributed by atoms with E-state index in [9.17, 15) is 5.26 Å². The molecule has 0 amide bonds. The van der Waals surface area contributed by atoms with Crippen molar-refractivity contribution in [1.29, 1.82) is 5.26 Å². The highest BCUT2D eigenvalue weighted by Gasteiger charge is 2.32. The van der Waals surface area contributed by atoms with Gasteiger partial charge < -0.3 is 15.4 Å². The highest BCUT2D eigenvalue weighted by atomic mass is 35.5. The van der Waals surface area contributed by atoms with E-state index in [2.05, 4.69) is 37.5 Å². The SMILES string of the molecule is CC(C)(C)C1=C(C#N)[C@@H](c2ccc(OCc3ccccc3Cl)cc2)NC(=S)N1. The van der Waals surface area contributed by atoms with Gasteiger partial charge in [0.2, 0.25) is 0 Å². The number of benzene rings is 2. The molecule has 1 aliphatic rings. The van der Waals surface area contributed by atoms with Crippen LogP contribution in [0.4, 0.5) is 0 Å². The van der Waals surface area contributed by atoms with Crippen LogP contribution >= 0.6 is 23.8 Å². The van der Waals surface area contributed by atoms with Crippen molar-refractivity contribution in [1.82, 2.24) is 10.6 Å². The Bertz CT molecular complexity index is 955. The molecule has 2 N–H and O–H groups in total. The molecule has 1 atom stereocenters. The number of ether oxygens (including phenoxy) is 1. The number of halogens is 1. The zero-order chi connectivity index (χ0) is 20.3. The van der Waals surface area contributed by atoms with Gasteiger partial charge in [-0.1, -0.05) is 62.7 Å². The van der Waals surface area contributed by atoms with Crippen LogP contribution in [0.5, 0.6) is 5.75 Å². The van der Waals surface area contributed by atoms with Gasteiger partial charge in [0.1, 0.15) is 12.4 Å². The van der Waals surface area contributed by atoms with Crippen molar-refractivity contribution in [3.63, 3.8) is 0 Å². The van der Waals surface area contributed by atoms with Crippen molar-refractivity contribution in [2.24, 2.45) is 5.41 Å². The second kappa shape index (κ2) is 8.22. The van der Waals surface area contributed by atoms with Crippen LogP contribution in [0.15, 0.2) is 59.8 Å². The topological polar surface area (TPSA) is 57.1 Å². The minimum atomic E-state index is -0.286. The van der Waals surface area contributed by atoms with Gasteiger partial charge >= 0.3 is 0 Å². The number of hydrogen-bond donors (Lipinski definition) is 2. The van der Waals surface area contributed by atoms with Crippen LogP contribution in [0.2, 0.25) is 5.02 Å². The lowest BCUT2D eigenvalue weighted by Crippen LogP contribution is -2.46. The first-order chi connectivity index (χ1) is 13.3. The lowest BCUT2D eigenvalue weighted by molar-refractivity contribution is 0.306. The molecule has 1 aliphatic heterocycles. The standard InChI is InChI=1S/C22H22ClN3OS/c1-22(2,3)20-17(12-24)19(25-21(28)26-20)14-8-10-16(11-9-14)27-13-15-6-4-5-7-18(15)23/h4-11,19H,13H2,1-3H3,(H2,25,26,28)/t19-/m1/s1. The van der Waals surface area contributed by atoms with Crippen LogP contribution in [0.3, 0.4) is 0 Å². The summed E-state index contributed by atoms with van der Waals surface area (Å²) in [5.74, 6) is 0.735. The average molecular weight is 412 g/mol. The number of allylic oxidation sites excluding steroid dienone is 1. The van der Waals surface area contributed by atoms with Crippen molar-refractivity contribution >= 4 is 28.9 Å². The Morgan fingerprint density at radius 1 is 1.14 bits per heavy atom. The third kappa shape index (κ3) is 4.46. The molecule has 4 nitrogen and oxygen atoms in total. The first-order valence-electron chi connectivity index (χ1n) is 8.98. The Morgan fingerprint density at radius 3 is 2.43 bits per heavy atom. The van der Waals surface area contributed by atoms with E-state index in [-0.39, 0.29) is 11.5 Å². The van der Waals surface area contributed by atoms with E-state index in [0.29, 0.717) is 22.3 Å². The fraction of sp³-hybridized carbons (Fsp3) is 0.273. The fourth-order valence-corrected chi connectivity index (χ4v) is 3.47. The van der Waals surface area contributed by atoms with Crippen LogP contribution in [-0.2, 0) is 6.61 Å². The number of nitriles is 1. The summed E-state index contributed by atoms with van der Waals surface area (Å²) in [7, 11) is 0. The molecule has 0 saturated carbocycles. The van der Waals surface area contributed by atoms with E-state index >= 15 is 0 Å². The van der Waals surface area contributed by atoms with E-state index in [0.717, 1.165) is 22.6 Å². The minimum Gasteiger partial charge on any atom is -0.489 e. The summed E-state index contributed by atoms with van der Waals surface area (Å²) in [6, 6.07) is 17.4. The lowest BCUT2D eigenvalue weighted by Gasteiger charge is -2.34. The van der Waals surface area contributed by atoms with Gasteiger partial charge in [-0.15, -0.1) is 0 Å². The lowest BCUT2D eigenvalue weighted by atomic mass is 9.84. The van der Waals surface area contributed by atoms with Gasteiger partial charge in [0.25, 0.3) is 0 Å². The fourth-order valence-electron chi connectivity index (χ4n) is 3.06. The second-order valence-electron chi connectivity index (χ2n) is 7.63. The summed E-state index contributed by atoms with van der Waals surface area (Å²) in [5, 5.41) is 17.3. The highest BCUT2D eigenvalue weighted by molar-refractivity contribution is 7.80. The van der Waals surface area contributed by atoms with Gasteiger partial charge in [-0.05, 0) is 36.0 Å². The summed E-state index contributed by atoms with van der Waals surface area (Å²) < 4.78 is 5.84. The van der Waals surface area contributed by atoms with Gasteiger partial charge in [0.05, 0.1) is 17.7 Å². The zero-order valence-corrected chi connectivity index (χ0v) is 17.6. The van der Waals surface area contributed by atoms with E-state index in [1.807, 2.05) is 48.5 Å². The monoisotopic (exact) mass is 411 g/mol. The smallest absolute Gasteiger partial charge is 0.171 e. The summed E-state index contributed by atoms with van der Waals surface area (Å²) in [5.41, 5.74) is 3.16. The Labute approximate surface area is 176 Å². The summed E-state index contributed by atoms with van der Waals surface area (Å²) in [4.78, 5) is 0. The molecule has 0 saturated heterocycles. The molecule has 1 heterocycles. The van der Waals surface area contributed by atoms with Crippen LogP contribution in [0.25, 0.3) is 0 Å². The van der Waals surface area contributed by atoms with Gasteiger partial charge in [-0.2, -0.15) is 5.26 Å². The van der Waals surface area contributed by atoms with E-state index in [4.69, 9.17) is 28.6 Å². The van der Waals surface area contributed by atoms with E-state index in [1.54, 1.807) is 0 Å². The molecule has 0 aromatic heterocycles. The van der Waals surface area contributed by atoms with Crippen LogP contribution in [0, 0.1) is 16.7 Å². The maximum absolute atomic E-state index is 9.77. The van der Waals surface area contributed by atoms with Crippen molar-refractivity contribution < 1.29 is 4.74 Å². The number of nitrogens with zero attached hydrogens (tertiary/aromatic N) is 1. The average Bonchev–Trinajstić information content (AvgIpc) is 2.66. The van der Waals surface area contributed by atoms with Crippen molar-refractivity contribution in [2.45, 2.75) is 33.4 Å². The molecule has 2 aromatic carbocycles. The number of rotatable bonds is 4. The number of thiocarbonyl (C=S) groups is 1. The van der Waals surface area contributed by atoms with Gasteiger partial charge in [-0.3, -0.25) is 0 Å². The van der Waals surface area contributed by atoms with Gasteiger partial charge in [0, 0.05) is 21.7 Å². The van der Waals surface area contributed by atoms with E-state index < -0.39 is 0 Å². The first kappa shape index (κ1) is 20.2. The number of nitrogens with one attached hydrogen (secondary N) is 2. The predicted octanol–water partition coefficient (Wildman–Crippen LogP) is 5.26. The zero-order valence-electron chi connectivity index (χ0n) is 16.0. The largest absolute Gasteiger partial charge is 0.489 e. The highest BCUT2D eigenvalue weighted by Crippen LogP contribution is 2.35. The maximum atomic E-state index is 9.77. The third-order valence-corrected chi connectivity index (χ3v) is 5.10. The Kier molecular flexibility index (Phi) is 5.93. The molecule has 3 rings (SSSR count). The molecular formula is C22H22ClN3OS. The molecule has 144 valence electrons. The van der Waals surface area contributed by atoms with Crippen molar-refractivity contribution in [3.05, 3.63) is 76.0 Å². The van der Waals surface area contributed by atoms with Crippen molar-refractivity contribution in [3.8, 4) is 11.8 Å². The van der Waals surface area contributed by atoms with Gasteiger partial charge in [-0.25, -0.2) is 0 Å². The molecule has 0 bridgehead atoms. The molecule has 6 heteroatoms. The second-order valence-corrected chi connectivity index (χ2v) is 8.45. The Balaban J connectivity index is 1.81. The Morgan fingerprint density at radius 2 is 1.82 bits per heavy atom.